The average Bonchev–Trinajstić information content (AvgIpc) is 3.88. The summed E-state index contributed by atoms with van der Waals surface area (Å²) in [6.07, 6.45) is 8.76. The van der Waals surface area contributed by atoms with Gasteiger partial charge in [0.2, 0.25) is 0 Å². The number of hydrogen-bond acceptors (Lipinski definition) is 11. The Morgan fingerprint density at radius 2 is 0.894 bits per heavy atom. The van der Waals surface area contributed by atoms with Crippen LogP contribution in [0.15, 0.2) is 114 Å². The number of hydrogen-bond donors (Lipinski definition) is 4. The molecule has 0 spiro atoms. The van der Waals surface area contributed by atoms with Crippen molar-refractivity contribution >= 4 is 22.9 Å². The summed E-state index contributed by atoms with van der Waals surface area (Å²) in [6, 6.07) is 36.8. The number of nitrogens with zero attached hydrogens (tertiary/aromatic N) is 6. The summed E-state index contributed by atoms with van der Waals surface area (Å²) < 4.78 is 4.87. The smallest absolute Gasteiger partial charge is 0.192 e. The van der Waals surface area contributed by atoms with Crippen molar-refractivity contribution in [1.82, 2.24) is 30.2 Å². The first kappa shape index (κ1) is 71.1. The lowest BCUT2D eigenvalue weighted by atomic mass is 9.96. The average molecular weight is 926 g/mol. The fraction of sp³-hybridized carbons (Fsp3) is 0.600. The van der Waals surface area contributed by atoms with Gasteiger partial charge in [0.1, 0.15) is 0 Å². The first-order valence-corrected chi connectivity index (χ1v) is 24.1. The minimum atomic E-state index is 0.676. The van der Waals surface area contributed by atoms with Crippen LogP contribution in [0.1, 0.15) is 80.6 Å². The molecule has 3 aromatic carbocycles. The Balaban J connectivity index is -0.000000217. The van der Waals surface area contributed by atoms with Crippen molar-refractivity contribution in [2.24, 2.45) is 5.73 Å². The fourth-order valence-corrected chi connectivity index (χ4v) is 4.81. The molecule has 5 N–H and O–H groups in total. The Bertz CT molecular complexity index is 1360. The maximum Gasteiger partial charge on any atom is 0.192 e. The Labute approximate surface area is 410 Å². The van der Waals surface area contributed by atoms with Gasteiger partial charge in [0, 0.05) is 69.4 Å². The zero-order valence-corrected chi connectivity index (χ0v) is 47.0. The lowest BCUT2D eigenvalue weighted by molar-refractivity contribution is 0.222. The maximum atomic E-state index is 4.87. The second kappa shape index (κ2) is 52.0. The number of anilines is 4. The van der Waals surface area contributed by atoms with Gasteiger partial charge in [0.15, 0.2) is 5.88 Å². The summed E-state index contributed by atoms with van der Waals surface area (Å²) in [6.45, 7) is 18.7. The molecule has 1 fully saturated rings. The molecule has 0 amide bonds. The van der Waals surface area contributed by atoms with Gasteiger partial charge in [-0.1, -0.05) is 94.6 Å². The number of furan rings is 1. The standard InChI is InChI=1S/C13H13N.C8H11N.C7H15N.C7H17N.C5H7NO.C5H13N.C4H11N.C3H9N.C2H7N.CH5N/c1-14(12-8-4-2-5-9-12)13-10-6-3-7-11-13;1-9(2)8-6-4-3-5-7-8;1-8-7-5-3-2-4-6-7;1-6(2)8(5)7(3)4;1-6-5-3-2-4-7-5;1-4-6(3)5-2;1-4-5(2)3;1-4(2)3;1-3-2;1-2/h2-11H,1H3;3-7H,1-2H3;7-8H,2-6H2,1H3;6-7H,1-5H3;2-4,6H,1H3;4-5H2,1-3H3;4H2,1-3H3;1-3H3;3H,1-2H3;2H2,1H3. The summed E-state index contributed by atoms with van der Waals surface area (Å²) in [5.74, 6) is 0.806. The zero-order chi connectivity index (χ0) is 51.7. The summed E-state index contributed by atoms with van der Waals surface area (Å²) in [5, 5.41) is 8.89. The van der Waals surface area contributed by atoms with Crippen molar-refractivity contribution in [3.63, 3.8) is 0 Å². The molecule has 0 bridgehead atoms. The van der Waals surface area contributed by atoms with E-state index in [-0.39, 0.29) is 0 Å². The normalized spacial score (nSPS) is 11.1. The van der Waals surface area contributed by atoms with Crippen LogP contribution in [0.5, 0.6) is 0 Å². The van der Waals surface area contributed by atoms with Crippen LogP contribution in [-0.2, 0) is 0 Å². The van der Waals surface area contributed by atoms with E-state index in [0.717, 1.165) is 31.6 Å². The highest BCUT2D eigenvalue weighted by Crippen LogP contribution is 2.22. The van der Waals surface area contributed by atoms with E-state index in [0.29, 0.717) is 12.1 Å². The van der Waals surface area contributed by atoms with Gasteiger partial charge in [-0.25, -0.2) is 0 Å². The molecule has 66 heavy (non-hydrogen) atoms. The minimum Gasteiger partial charge on any atom is -0.449 e. The molecule has 11 heteroatoms. The van der Waals surface area contributed by atoms with Crippen LogP contribution in [0, 0.1) is 0 Å². The van der Waals surface area contributed by atoms with Crippen LogP contribution in [0.4, 0.5) is 22.9 Å². The quantitative estimate of drug-likeness (QED) is 0.122. The summed E-state index contributed by atoms with van der Waals surface area (Å²) >= 11 is 0. The minimum absolute atomic E-state index is 0.676. The zero-order valence-electron chi connectivity index (χ0n) is 47.0. The third-order valence-electron chi connectivity index (χ3n) is 9.68. The van der Waals surface area contributed by atoms with E-state index in [1.54, 1.807) is 6.26 Å². The summed E-state index contributed by atoms with van der Waals surface area (Å²) in [7, 11) is 29.7. The lowest BCUT2D eigenvalue weighted by Crippen LogP contribution is -2.32. The molecule has 0 atom stereocenters. The molecular formula is C55H108N10O. The molecule has 1 aliphatic rings. The van der Waals surface area contributed by atoms with E-state index in [1.165, 1.54) is 56.2 Å². The predicted molar refractivity (Wildman–Crippen MR) is 302 cm³/mol. The van der Waals surface area contributed by atoms with Gasteiger partial charge in [-0.05, 0) is 180 Å². The van der Waals surface area contributed by atoms with Gasteiger partial charge < -0.3 is 55.5 Å². The molecule has 1 aliphatic carbocycles. The van der Waals surface area contributed by atoms with E-state index in [1.807, 2.05) is 104 Å². The Hall–Kier alpha value is -3.94. The molecule has 1 heterocycles. The highest BCUT2D eigenvalue weighted by Gasteiger charge is 2.09. The summed E-state index contributed by atoms with van der Waals surface area (Å²) in [5.41, 5.74) is 8.16. The molecular weight excluding hydrogens is 817 g/mol. The van der Waals surface area contributed by atoms with Crippen LogP contribution in [0.25, 0.3) is 0 Å². The van der Waals surface area contributed by atoms with Crippen LogP contribution in [0.2, 0.25) is 0 Å². The van der Waals surface area contributed by atoms with Crippen molar-refractivity contribution < 1.29 is 4.42 Å². The molecule has 0 saturated heterocycles. The molecule has 1 aromatic heterocycles. The lowest BCUT2D eigenvalue weighted by Gasteiger charge is -2.24. The van der Waals surface area contributed by atoms with Crippen LogP contribution >= 0.6 is 0 Å². The second-order valence-electron chi connectivity index (χ2n) is 16.9. The van der Waals surface area contributed by atoms with E-state index in [9.17, 15) is 0 Å². The van der Waals surface area contributed by atoms with Crippen molar-refractivity contribution in [2.45, 2.75) is 98.7 Å². The van der Waals surface area contributed by atoms with Gasteiger partial charge in [0.25, 0.3) is 0 Å². The molecule has 0 radical (unpaired) electrons. The van der Waals surface area contributed by atoms with Gasteiger partial charge in [-0.2, -0.15) is 0 Å². The molecule has 11 nitrogen and oxygen atoms in total. The molecule has 384 valence electrons. The Morgan fingerprint density at radius 1 is 0.545 bits per heavy atom. The molecule has 0 aliphatic heterocycles. The molecule has 5 rings (SSSR count). The van der Waals surface area contributed by atoms with Crippen molar-refractivity contribution in [1.29, 1.82) is 0 Å². The van der Waals surface area contributed by atoms with E-state index in [4.69, 9.17) is 4.42 Å². The Morgan fingerprint density at radius 3 is 1.06 bits per heavy atom. The molecule has 1 saturated carbocycles. The number of para-hydroxylation sites is 3. The van der Waals surface area contributed by atoms with Gasteiger partial charge in [-0.3, -0.25) is 0 Å². The van der Waals surface area contributed by atoms with E-state index in [2.05, 4.69) is 198 Å². The predicted octanol–water partition coefficient (Wildman–Crippen LogP) is 10.9. The number of nitrogens with one attached hydrogen (secondary N) is 3. The van der Waals surface area contributed by atoms with Crippen LogP contribution in [0.3, 0.4) is 0 Å². The third kappa shape index (κ3) is 49.5. The Kier molecular flexibility index (Phi) is 56.0. The van der Waals surface area contributed by atoms with Crippen molar-refractivity contribution in [3.05, 3.63) is 109 Å². The third-order valence-corrected chi connectivity index (χ3v) is 9.68. The highest BCUT2D eigenvalue weighted by atomic mass is 16.3. The first-order valence-electron chi connectivity index (χ1n) is 24.1. The van der Waals surface area contributed by atoms with Gasteiger partial charge in [0.05, 0.1) is 6.26 Å². The SMILES string of the molecule is CC(C)N(C)C(C)C.CCN(C)C.CCN(C)CC.CN.CN(C)C.CN(C)c1ccccc1.CN(c1ccccc1)c1ccccc1.CNC.CNC1CCCCC1.CNc1ccco1. The van der Waals surface area contributed by atoms with E-state index < -0.39 is 0 Å². The number of benzene rings is 3. The summed E-state index contributed by atoms with van der Waals surface area (Å²) in [4.78, 5) is 13.0. The second-order valence-corrected chi connectivity index (χ2v) is 16.9. The number of nitrogens with two attached hydrogens (primary N) is 1. The monoisotopic (exact) mass is 925 g/mol. The van der Waals surface area contributed by atoms with Crippen molar-refractivity contribution in [3.8, 4) is 0 Å². The van der Waals surface area contributed by atoms with Gasteiger partial charge >= 0.3 is 0 Å². The topological polar surface area (TPSA) is 94.7 Å². The molecule has 0 unspecified atom stereocenters. The largest absolute Gasteiger partial charge is 0.449 e. The van der Waals surface area contributed by atoms with Crippen LogP contribution < -0.4 is 31.5 Å². The fourth-order valence-electron chi connectivity index (χ4n) is 4.81. The van der Waals surface area contributed by atoms with Crippen molar-refractivity contribution in [2.75, 3.05) is 140 Å². The first-order chi connectivity index (χ1) is 31.3. The van der Waals surface area contributed by atoms with E-state index >= 15 is 0 Å². The number of rotatable bonds is 10. The maximum absolute atomic E-state index is 4.87. The molecule has 4 aromatic rings. The highest BCUT2D eigenvalue weighted by molar-refractivity contribution is 5.61. The van der Waals surface area contributed by atoms with Crippen LogP contribution in [-0.4, -0.2) is 163 Å². The van der Waals surface area contributed by atoms with Gasteiger partial charge in [-0.15, -0.1) is 0 Å².